The second-order valence-corrected chi connectivity index (χ2v) is 10.1. The fraction of sp³-hybridized carbons (Fsp3) is 0.435. The molecule has 3 fully saturated rings. The average Bonchev–Trinajstić information content (AvgIpc) is 2.81. The molecule has 1 aliphatic carbocycles. The van der Waals surface area contributed by atoms with Gasteiger partial charge in [-0.15, -0.1) is 0 Å². The molecule has 2 heterocycles. The van der Waals surface area contributed by atoms with Gasteiger partial charge in [0.25, 0.3) is 0 Å². The summed E-state index contributed by atoms with van der Waals surface area (Å²) < 4.78 is 44.6. The highest BCUT2D eigenvalue weighted by Gasteiger charge is 2.67. The van der Waals surface area contributed by atoms with E-state index in [-0.39, 0.29) is 17.2 Å². The van der Waals surface area contributed by atoms with E-state index in [2.05, 4.69) is 0 Å². The maximum absolute atomic E-state index is 13.6. The van der Waals surface area contributed by atoms with E-state index >= 15 is 0 Å². The molecule has 2 aliphatic heterocycles. The van der Waals surface area contributed by atoms with Gasteiger partial charge in [0, 0.05) is 34.3 Å². The number of hydrogen-bond acceptors (Lipinski definition) is 6. The summed E-state index contributed by atoms with van der Waals surface area (Å²) in [5, 5.41) is -1.03. The topological polar surface area (TPSA) is 82.1 Å². The summed E-state index contributed by atoms with van der Waals surface area (Å²) in [6.07, 6.45) is -0.670. The van der Waals surface area contributed by atoms with E-state index in [9.17, 15) is 13.2 Å². The van der Waals surface area contributed by atoms with Gasteiger partial charge in [-0.25, -0.2) is 8.42 Å². The lowest BCUT2D eigenvalue weighted by atomic mass is 9.72. The lowest BCUT2D eigenvalue weighted by molar-refractivity contribution is -0.298. The van der Waals surface area contributed by atoms with Gasteiger partial charge < -0.3 is 19.1 Å². The molecule has 2 aromatic rings. The maximum atomic E-state index is 13.6. The molecular formula is C23H27NO6S. The van der Waals surface area contributed by atoms with Gasteiger partial charge in [-0.3, -0.25) is 4.79 Å². The molecule has 0 N–H and O–H groups in total. The minimum Gasteiger partial charge on any atom is -0.378 e. The maximum Gasteiger partial charge on any atom is 0.228 e. The minimum atomic E-state index is -3.83. The highest BCUT2D eigenvalue weighted by molar-refractivity contribution is 7.92. The molecule has 2 saturated heterocycles. The number of benzene rings is 2. The van der Waals surface area contributed by atoms with E-state index in [4.69, 9.17) is 14.2 Å². The van der Waals surface area contributed by atoms with Crippen LogP contribution in [0.4, 0.5) is 0 Å². The fourth-order valence-corrected chi connectivity index (χ4v) is 7.18. The molecule has 0 unspecified atom stereocenters. The van der Waals surface area contributed by atoms with E-state index < -0.39 is 38.9 Å². The monoisotopic (exact) mass is 445 g/mol. The van der Waals surface area contributed by atoms with E-state index in [1.165, 1.54) is 21.3 Å². The molecular weight excluding hydrogens is 418 g/mol. The molecule has 2 bridgehead atoms. The van der Waals surface area contributed by atoms with Gasteiger partial charge in [0.1, 0.15) is 17.4 Å². The molecule has 0 spiro atoms. The first-order valence-corrected chi connectivity index (χ1v) is 11.7. The van der Waals surface area contributed by atoms with Crippen molar-refractivity contribution in [1.29, 1.82) is 0 Å². The summed E-state index contributed by atoms with van der Waals surface area (Å²) >= 11 is 0. The zero-order valence-electron chi connectivity index (χ0n) is 17.8. The van der Waals surface area contributed by atoms with Crippen LogP contribution in [0.1, 0.15) is 12.0 Å². The van der Waals surface area contributed by atoms with Gasteiger partial charge in [0.2, 0.25) is 5.91 Å². The molecule has 31 heavy (non-hydrogen) atoms. The quantitative estimate of drug-likeness (QED) is 0.608. The van der Waals surface area contributed by atoms with Crippen LogP contribution in [0, 0.1) is 5.92 Å². The number of carbonyl (C=O) groups excluding carboxylic acids is 1. The van der Waals surface area contributed by atoms with E-state index in [1.54, 1.807) is 35.2 Å². The van der Waals surface area contributed by atoms with Gasteiger partial charge >= 0.3 is 0 Å². The van der Waals surface area contributed by atoms with Crippen LogP contribution < -0.4 is 0 Å². The Morgan fingerprint density at radius 1 is 0.968 bits per heavy atom. The Balaban J connectivity index is 1.81. The van der Waals surface area contributed by atoms with Crippen LogP contribution in [-0.4, -0.2) is 63.7 Å². The first-order valence-electron chi connectivity index (χ1n) is 10.2. The van der Waals surface area contributed by atoms with Crippen LogP contribution in [0.3, 0.4) is 0 Å². The third-order valence-corrected chi connectivity index (χ3v) is 8.75. The summed E-state index contributed by atoms with van der Waals surface area (Å²) in [5.74, 6) is -2.24. The fourth-order valence-electron chi connectivity index (χ4n) is 5.07. The number of ether oxygens (including phenoxy) is 3. The first kappa shape index (κ1) is 22.0. The van der Waals surface area contributed by atoms with Crippen molar-refractivity contribution < 1.29 is 27.4 Å². The third-order valence-electron chi connectivity index (χ3n) is 6.51. The van der Waals surface area contributed by atoms with Crippen molar-refractivity contribution in [2.24, 2.45) is 5.92 Å². The molecule has 7 nitrogen and oxygen atoms in total. The number of fused-ring (bicyclic) bond motifs is 3. The SMILES string of the molecule is CO[C@@H]1[C@@H](S(=O)(=O)c2ccccc2)[C@H]2CC(OC)(OC)[C@@H]1N(Cc1ccccc1)C2=O. The molecule has 1 amide bonds. The highest BCUT2D eigenvalue weighted by atomic mass is 32.2. The number of methoxy groups -OCH3 is 3. The van der Waals surface area contributed by atoms with Crippen molar-refractivity contribution in [3.8, 4) is 0 Å². The molecule has 1 saturated carbocycles. The van der Waals surface area contributed by atoms with Crippen LogP contribution in [0.5, 0.6) is 0 Å². The Morgan fingerprint density at radius 2 is 1.55 bits per heavy atom. The highest BCUT2D eigenvalue weighted by Crippen LogP contribution is 2.49. The van der Waals surface area contributed by atoms with E-state index in [0.29, 0.717) is 6.54 Å². The Bertz CT molecular complexity index is 1020. The summed E-state index contributed by atoms with van der Waals surface area (Å²) in [6.45, 7) is 0.313. The Morgan fingerprint density at radius 3 is 2.10 bits per heavy atom. The molecule has 4 atom stereocenters. The molecule has 0 aromatic heterocycles. The largest absolute Gasteiger partial charge is 0.378 e. The number of amides is 1. The smallest absolute Gasteiger partial charge is 0.228 e. The molecule has 2 aromatic carbocycles. The summed E-state index contributed by atoms with van der Waals surface area (Å²) in [5.41, 5.74) is 0.932. The second kappa shape index (κ2) is 8.35. The summed E-state index contributed by atoms with van der Waals surface area (Å²) in [4.78, 5) is 15.4. The molecule has 3 aliphatic rings. The lowest BCUT2D eigenvalue weighted by Crippen LogP contribution is -2.77. The van der Waals surface area contributed by atoms with Crippen LogP contribution in [-0.2, 0) is 35.4 Å². The molecule has 5 rings (SSSR count). The van der Waals surface area contributed by atoms with Crippen LogP contribution in [0.25, 0.3) is 0 Å². The zero-order valence-corrected chi connectivity index (χ0v) is 18.6. The number of piperidine rings is 2. The number of sulfone groups is 1. The van der Waals surface area contributed by atoms with Gasteiger partial charge in [0.15, 0.2) is 15.6 Å². The third kappa shape index (κ3) is 3.47. The molecule has 166 valence electrons. The number of hydrogen-bond donors (Lipinski definition) is 0. The van der Waals surface area contributed by atoms with Gasteiger partial charge in [0.05, 0.1) is 10.8 Å². The second-order valence-electron chi connectivity index (χ2n) is 7.95. The zero-order chi connectivity index (χ0) is 22.2. The van der Waals surface area contributed by atoms with Gasteiger partial charge in [-0.05, 0) is 17.7 Å². The number of nitrogens with zero attached hydrogens (tertiary/aromatic N) is 1. The van der Waals surface area contributed by atoms with Crippen molar-refractivity contribution in [2.45, 2.75) is 41.0 Å². The van der Waals surface area contributed by atoms with Crippen molar-refractivity contribution in [3.05, 3.63) is 66.2 Å². The van der Waals surface area contributed by atoms with Crippen LogP contribution >= 0.6 is 0 Å². The first-order chi connectivity index (χ1) is 14.9. The minimum absolute atomic E-state index is 0.144. The predicted molar refractivity (Wildman–Crippen MR) is 114 cm³/mol. The Kier molecular flexibility index (Phi) is 5.91. The Hall–Kier alpha value is -2.26. The van der Waals surface area contributed by atoms with Crippen molar-refractivity contribution in [1.82, 2.24) is 4.90 Å². The standard InChI is InChI=1S/C23H27NO6S/c1-28-19-20(31(26,27)17-12-8-5-9-13-17)18-14-23(29-2,30-3)21(19)24(22(18)25)15-16-10-6-4-7-11-16/h4-13,18-21H,14-15H2,1-3H3/t18-,19-,20+,21-/m1/s1. The van der Waals surface area contributed by atoms with Crippen LogP contribution in [0.15, 0.2) is 65.6 Å². The molecule has 8 heteroatoms. The number of carbonyl (C=O) groups is 1. The molecule has 0 radical (unpaired) electrons. The average molecular weight is 446 g/mol. The summed E-state index contributed by atoms with van der Waals surface area (Å²) in [7, 11) is 0.672. The van der Waals surface area contributed by atoms with Crippen molar-refractivity contribution >= 4 is 15.7 Å². The number of rotatable bonds is 7. The van der Waals surface area contributed by atoms with Gasteiger partial charge in [-0.2, -0.15) is 0 Å². The predicted octanol–water partition coefficient (Wildman–Crippen LogP) is 2.26. The summed E-state index contributed by atoms with van der Waals surface area (Å²) in [6, 6.07) is 17.0. The van der Waals surface area contributed by atoms with Gasteiger partial charge in [-0.1, -0.05) is 48.5 Å². The van der Waals surface area contributed by atoms with Crippen molar-refractivity contribution in [3.63, 3.8) is 0 Å². The normalized spacial score (nSPS) is 27.5. The van der Waals surface area contributed by atoms with Crippen LogP contribution in [0.2, 0.25) is 0 Å². The Labute approximate surface area is 182 Å². The van der Waals surface area contributed by atoms with E-state index in [0.717, 1.165) is 5.56 Å². The lowest BCUT2D eigenvalue weighted by Gasteiger charge is -2.59. The van der Waals surface area contributed by atoms with Crippen molar-refractivity contribution in [2.75, 3.05) is 21.3 Å². The van der Waals surface area contributed by atoms with E-state index in [1.807, 2.05) is 30.3 Å².